The summed E-state index contributed by atoms with van der Waals surface area (Å²) < 4.78 is 1.15. The Morgan fingerprint density at radius 2 is 1.58 bits per heavy atom. The number of aromatic nitrogens is 2. The summed E-state index contributed by atoms with van der Waals surface area (Å²) in [4.78, 5) is 22.7. The first-order valence-electron chi connectivity index (χ1n) is 10.3. The highest BCUT2D eigenvalue weighted by Crippen LogP contribution is 2.35. The van der Waals surface area contributed by atoms with E-state index in [1.165, 1.54) is 5.56 Å². The van der Waals surface area contributed by atoms with Gasteiger partial charge in [-0.1, -0.05) is 66.7 Å². The summed E-state index contributed by atoms with van der Waals surface area (Å²) in [5.41, 5.74) is 6.87. The van der Waals surface area contributed by atoms with Crippen molar-refractivity contribution in [3.8, 4) is 22.5 Å². The summed E-state index contributed by atoms with van der Waals surface area (Å²) in [6, 6.07) is 26.3. The minimum absolute atomic E-state index is 0.0937. The third-order valence-corrected chi connectivity index (χ3v) is 6.17. The lowest BCUT2D eigenvalue weighted by atomic mass is 9.91. The van der Waals surface area contributed by atoms with Crippen molar-refractivity contribution in [1.82, 2.24) is 9.97 Å². The highest BCUT2D eigenvalue weighted by molar-refractivity contribution is 14.1. The number of hydrogen-bond acceptors (Lipinski definition) is 3. The molecule has 0 saturated heterocycles. The Hall–Kier alpha value is -3.06. The smallest absolute Gasteiger partial charge is 0.230 e. The van der Waals surface area contributed by atoms with Gasteiger partial charge in [-0.15, -0.1) is 0 Å². The number of anilines is 1. The third-order valence-electron chi connectivity index (χ3n) is 5.45. The molecule has 1 aromatic heterocycles. The van der Waals surface area contributed by atoms with Crippen LogP contribution in [0.4, 0.5) is 5.82 Å². The Labute approximate surface area is 194 Å². The molecule has 0 unspecified atom stereocenters. The van der Waals surface area contributed by atoms with E-state index in [2.05, 4.69) is 46.1 Å². The zero-order valence-electron chi connectivity index (χ0n) is 16.8. The summed E-state index contributed by atoms with van der Waals surface area (Å²) in [5.74, 6) is 0.434. The van der Waals surface area contributed by atoms with Crippen molar-refractivity contribution >= 4 is 34.3 Å². The summed E-state index contributed by atoms with van der Waals surface area (Å²) in [7, 11) is 0. The van der Waals surface area contributed by atoms with E-state index in [4.69, 9.17) is 9.97 Å². The number of nitrogens with one attached hydrogen (secondary N) is 1. The second-order valence-electron chi connectivity index (χ2n) is 7.59. The number of hydrogen-bond donors (Lipinski definition) is 1. The standard InChI is InChI=1S/C26H20IN3O/c27-20-13-10-17(11-14-20)16-23(31)29-26-24(19-7-2-1-3-8-19)30-25-21-9-5-4-6-18(21)12-15-22(25)28-26/h1-11,13-14H,12,15-16H2,(H,28,29,31). The maximum atomic E-state index is 12.8. The van der Waals surface area contributed by atoms with Gasteiger partial charge in [0.15, 0.2) is 5.82 Å². The van der Waals surface area contributed by atoms with E-state index in [9.17, 15) is 4.79 Å². The minimum atomic E-state index is -0.0937. The molecule has 0 fully saturated rings. The van der Waals surface area contributed by atoms with Crippen LogP contribution in [0.2, 0.25) is 0 Å². The van der Waals surface area contributed by atoms with E-state index in [0.29, 0.717) is 17.9 Å². The van der Waals surface area contributed by atoms with Crippen LogP contribution in [0.5, 0.6) is 0 Å². The molecule has 1 heterocycles. The summed E-state index contributed by atoms with van der Waals surface area (Å²) in [5, 5.41) is 3.03. The predicted molar refractivity (Wildman–Crippen MR) is 132 cm³/mol. The lowest BCUT2D eigenvalue weighted by Gasteiger charge is -2.21. The highest BCUT2D eigenvalue weighted by atomic mass is 127. The molecule has 0 atom stereocenters. The van der Waals surface area contributed by atoms with Crippen molar-refractivity contribution in [3.05, 3.63) is 99.3 Å². The number of aryl methyl sites for hydroxylation is 2. The molecule has 0 radical (unpaired) electrons. The molecule has 4 nitrogen and oxygen atoms in total. The van der Waals surface area contributed by atoms with E-state index in [-0.39, 0.29) is 5.91 Å². The van der Waals surface area contributed by atoms with Crippen LogP contribution < -0.4 is 5.32 Å². The lowest BCUT2D eigenvalue weighted by Crippen LogP contribution is -2.18. The molecule has 1 aliphatic carbocycles. The Kier molecular flexibility index (Phi) is 5.51. The van der Waals surface area contributed by atoms with Gasteiger partial charge in [-0.3, -0.25) is 4.79 Å². The van der Waals surface area contributed by atoms with Gasteiger partial charge in [0.25, 0.3) is 0 Å². The molecule has 5 heteroatoms. The fraction of sp³-hybridized carbons (Fsp3) is 0.115. The number of fused-ring (bicyclic) bond motifs is 3. The number of benzene rings is 3. The molecule has 1 aliphatic rings. The van der Waals surface area contributed by atoms with Gasteiger partial charge < -0.3 is 5.32 Å². The molecule has 1 N–H and O–H groups in total. The van der Waals surface area contributed by atoms with Crippen molar-refractivity contribution in [2.24, 2.45) is 0 Å². The largest absolute Gasteiger partial charge is 0.309 e. The first-order chi connectivity index (χ1) is 15.2. The van der Waals surface area contributed by atoms with Crippen molar-refractivity contribution in [1.29, 1.82) is 0 Å². The number of carbonyl (C=O) groups is 1. The minimum Gasteiger partial charge on any atom is -0.309 e. The summed E-state index contributed by atoms with van der Waals surface area (Å²) >= 11 is 2.26. The molecule has 0 aliphatic heterocycles. The molecule has 5 rings (SSSR count). The first kappa shape index (κ1) is 19.9. The van der Waals surface area contributed by atoms with Gasteiger partial charge in [0.2, 0.25) is 5.91 Å². The average Bonchev–Trinajstić information content (AvgIpc) is 2.80. The predicted octanol–water partition coefficient (Wildman–Crippen LogP) is 5.70. The Morgan fingerprint density at radius 3 is 2.39 bits per heavy atom. The molecule has 0 spiro atoms. The molecule has 0 bridgehead atoms. The molecule has 31 heavy (non-hydrogen) atoms. The van der Waals surface area contributed by atoms with Gasteiger partial charge in [0, 0.05) is 14.7 Å². The van der Waals surface area contributed by atoms with Crippen LogP contribution in [0.15, 0.2) is 78.9 Å². The van der Waals surface area contributed by atoms with Gasteiger partial charge in [-0.2, -0.15) is 0 Å². The third kappa shape index (κ3) is 4.23. The number of halogens is 1. The number of nitrogens with zero attached hydrogens (tertiary/aromatic N) is 2. The average molecular weight is 517 g/mol. The zero-order chi connectivity index (χ0) is 21.2. The number of rotatable bonds is 4. The monoisotopic (exact) mass is 517 g/mol. The quantitative estimate of drug-likeness (QED) is 0.354. The van der Waals surface area contributed by atoms with Crippen LogP contribution in [0.1, 0.15) is 16.8 Å². The van der Waals surface area contributed by atoms with Crippen LogP contribution in [-0.4, -0.2) is 15.9 Å². The van der Waals surface area contributed by atoms with Crippen molar-refractivity contribution in [2.75, 3.05) is 5.32 Å². The van der Waals surface area contributed by atoms with Crippen molar-refractivity contribution in [3.63, 3.8) is 0 Å². The molecular formula is C26H20IN3O. The number of carbonyl (C=O) groups excluding carboxylic acids is 1. The fourth-order valence-electron chi connectivity index (χ4n) is 3.93. The highest BCUT2D eigenvalue weighted by Gasteiger charge is 2.22. The van der Waals surface area contributed by atoms with Crippen LogP contribution in [0.3, 0.4) is 0 Å². The van der Waals surface area contributed by atoms with Crippen molar-refractivity contribution in [2.45, 2.75) is 19.3 Å². The Balaban J connectivity index is 1.53. The van der Waals surface area contributed by atoms with Gasteiger partial charge in [0.05, 0.1) is 17.8 Å². The van der Waals surface area contributed by atoms with E-state index in [0.717, 1.165) is 44.5 Å². The molecule has 152 valence electrons. The van der Waals surface area contributed by atoms with E-state index in [1.54, 1.807) is 0 Å². The summed E-state index contributed by atoms with van der Waals surface area (Å²) in [6.45, 7) is 0. The Bertz CT molecular complexity index is 1250. The van der Waals surface area contributed by atoms with Gasteiger partial charge in [-0.05, 0) is 58.7 Å². The van der Waals surface area contributed by atoms with Crippen LogP contribution in [0.25, 0.3) is 22.5 Å². The first-order valence-corrected chi connectivity index (χ1v) is 11.3. The molecule has 0 saturated carbocycles. The maximum Gasteiger partial charge on any atom is 0.230 e. The van der Waals surface area contributed by atoms with Crippen LogP contribution in [0, 0.1) is 3.57 Å². The zero-order valence-corrected chi connectivity index (χ0v) is 19.0. The van der Waals surface area contributed by atoms with E-state index >= 15 is 0 Å². The normalized spacial score (nSPS) is 12.0. The second-order valence-corrected chi connectivity index (χ2v) is 8.84. The van der Waals surface area contributed by atoms with Crippen LogP contribution >= 0.6 is 22.6 Å². The molecule has 4 aromatic rings. The molecule has 1 amide bonds. The second kappa shape index (κ2) is 8.59. The topological polar surface area (TPSA) is 54.9 Å². The van der Waals surface area contributed by atoms with Crippen molar-refractivity contribution < 1.29 is 4.79 Å². The van der Waals surface area contributed by atoms with Gasteiger partial charge in [0.1, 0.15) is 5.69 Å². The molecular weight excluding hydrogens is 497 g/mol. The lowest BCUT2D eigenvalue weighted by molar-refractivity contribution is -0.115. The molecule has 3 aromatic carbocycles. The summed E-state index contributed by atoms with van der Waals surface area (Å²) in [6.07, 6.45) is 2.04. The Morgan fingerprint density at radius 1 is 0.839 bits per heavy atom. The van der Waals surface area contributed by atoms with Gasteiger partial charge in [-0.25, -0.2) is 9.97 Å². The van der Waals surface area contributed by atoms with Crippen LogP contribution in [-0.2, 0) is 24.1 Å². The maximum absolute atomic E-state index is 12.8. The fourth-order valence-corrected chi connectivity index (χ4v) is 4.29. The van der Waals surface area contributed by atoms with E-state index in [1.807, 2.05) is 60.7 Å². The number of amides is 1. The van der Waals surface area contributed by atoms with E-state index < -0.39 is 0 Å². The van der Waals surface area contributed by atoms with Gasteiger partial charge >= 0.3 is 0 Å². The SMILES string of the molecule is O=C(Cc1ccc(I)cc1)Nc1nc2c(nc1-c1ccccc1)-c1ccccc1CC2.